The minimum absolute atomic E-state index is 0.0971. The molecular formula is C73H122O6. The van der Waals surface area contributed by atoms with Crippen LogP contribution in [0.2, 0.25) is 0 Å². The summed E-state index contributed by atoms with van der Waals surface area (Å²) in [6, 6.07) is 0. The van der Waals surface area contributed by atoms with Crippen molar-refractivity contribution in [2.45, 2.75) is 309 Å². The van der Waals surface area contributed by atoms with Crippen LogP contribution in [0.25, 0.3) is 0 Å². The van der Waals surface area contributed by atoms with Crippen molar-refractivity contribution in [2.75, 3.05) is 13.2 Å². The number of carbonyl (C=O) groups is 3. The summed E-state index contributed by atoms with van der Waals surface area (Å²) < 4.78 is 16.8. The minimum atomic E-state index is -0.832. The maximum Gasteiger partial charge on any atom is 0.310 e. The van der Waals surface area contributed by atoms with Gasteiger partial charge in [-0.15, -0.1) is 0 Å². The Morgan fingerprint density at radius 2 is 0.532 bits per heavy atom. The van der Waals surface area contributed by atoms with E-state index in [1.807, 2.05) is 6.08 Å². The SMILES string of the molecule is CC/C=C\C/C=C\C/C=C\C/C=C\C/C=C\CCCCCCCCCCCCCCCCCCCC(=O)OCC(COC(=O)CCCCCCCCCCCCCCC)OC(=O)C/C=C\C/C=C\C/C=C\C/C=C\C/C=C\CC. The van der Waals surface area contributed by atoms with Gasteiger partial charge in [-0.05, 0) is 89.9 Å². The molecule has 6 heteroatoms. The Labute approximate surface area is 488 Å². The smallest absolute Gasteiger partial charge is 0.310 e. The van der Waals surface area contributed by atoms with Crippen molar-refractivity contribution in [3.05, 3.63) is 122 Å². The second-order valence-corrected chi connectivity index (χ2v) is 21.6. The van der Waals surface area contributed by atoms with E-state index in [0.29, 0.717) is 12.8 Å². The van der Waals surface area contributed by atoms with Gasteiger partial charge in [-0.3, -0.25) is 14.4 Å². The first-order valence-electron chi connectivity index (χ1n) is 33.0. The molecule has 450 valence electrons. The van der Waals surface area contributed by atoms with Crippen molar-refractivity contribution in [1.82, 2.24) is 0 Å². The highest BCUT2D eigenvalue weighted by atomic mass is 16.6. The molecule has 0 aromatic carbocycles. The summed E-state index contributed by atoms with van der Waals surface area (Å²) >= 11 is 0. The van der Waals surface area contributed by atoms with Crippen molar-refractivity contribution < 1.29 is 28.6 Å². The summed E-state index contributed by atoms with van der Waals surface area (Å²) in [4.78, 5) is 38.2. The molecule has 0 amide bonds. The number of hydrogen-bond acceptors (Lipinski definition) is 6. The van der Waals surface area contributed by atoms with Gasteiger partial charge in [0.1, 0.15) is 13.2 Å². The van der Waals surface area contributed by atoms with Gasteiger partial charge in [-0.25, -0.2) is 0 Å². The zero-order valence-electron chi connectivity index (χ0n) is 51.6. The molecule has 0 radical (unpaired) electrons. The Morgan fingerprint density at radius 1 is 0.278 bits per heavy atom. The van der Waals surface area contributed by atoms with Crippen molar-refractivity contribution in [2.24, 2.45) is 0 Å². The van der Waals surface area contributed by atoms with E-state index in [9.17, 15) is 14.4 Å². The van der Waals surface area contributed by atoms with E-state index in [1.165, 1.54) is 161 Å². The zero-order valence-corrected chi connectivity index (χ0v) is 51.6. The fraction of sp³-hybridized carbons (Fsp3) is 0.685. The Bertz CT molecular complexity index is 1640. The van der Waals surface area contributed by atoms with Crippen molar-refractivity contribution in [3.8, 4) is 0 Å². The number of unbranched alkanes of at least 4 members (excludes halogenated alkanes) is 29. The Kier molecular flexibility index (Phi) is 62.8. The first kappa shape index (κ1) is 74.8. The molecular weight excluding hydrogens is 973 g/mol. The number of rotatable bonds is 59. The summed E-state index contributed by atoms with van der Waals surface area (Å²) in [6.45, 7) is 6.35. The van der Waals surface area contributed by atoms with Crippen LogP contribution in [0.3, 0.4) is 0 Å². The molecule has 0 saturated heterocycles. The largest absolute Gasteiger partial charge is 0.462 e. The third kappa shape index (κ3) is 64.5. The van der Waals surface area contributed by atoms with Gasteiger partial charge in [0.05, 0.1) is 6.42 Å². The third-order valence-electron chi connectivity index (χ3n) is 14.0. The number of hydrogen-bond donors (Lipinski definition) is 0. The van der Waals surface area contributed by atoms with E-state index in [1.54, 1.807) is 6.08 Å². The van der Waals surface area contributed by atoms with Crippen LogP contribution in [0.1, 0.15) is 303 Å². The van der Waals surface area contributed by atoms with Gasteiger partial charge < -0.3 is 14.2 Å². The summed E-state index contributed by atoms with van der Waals surface area (Å²) in [7, 11) is 0. The van der Waals surface area contributed by atoms with Crippen LogP contribution in [-0.2, 0) is 28.6 Å². The van der Waals surface area contributed by atoms with Crippen molar-refractivity contribution in [1.29, 1.82) is 0 Å². The van der Waals surface area contributed by atoms with Crippen molar-refractivity contribution >= 4 is 17.9 Å². The molecule has 0 N–H and O–H groups in total. The summed E-state index contributed by atoms with van der Waals surface area (Å²) in [6.07, 6.45) is 92.5. The highest BCUT2D eigenvalue weighted by molar-refractivity contribution is 5.72. The molecule has 0 aliphatic rings. The van der Waals surface area contributed by atoms with Crippen LogP contribution in [0, 0.1) is 0 Å². The molecule has 6 nitrogen and oxygen atoms in total. The van der Waals surface area contributed by atoms with Gasteiger partial charge in [0.15, 0.2) is 6.10 Å². The minimum Gasteiger partial charge on any atom is -0.462 e. The summed E-state index contributed by atoms with van der Waals surface area (Å²) in [5.74, 6) is -1.04. The van der Waals surface area contributed by atoms with Crippen LogP contribution < -0.4 is 0 Å². The molecule has 0 aliphatic carbocycles. The molecule has 0 heterocycles. The normalized spacial score (nSPS) is 12.9. The van der Waals surface area contributed by atoms with Gasteiger partial charge in [0, 0.05) is 12.8 Å². The quantitative estimate of drug-likeness (QED) is 0.0261. The van der Waals surface area contributed by atoms with E-state index in [2.05, 4.69) is 130 Å². The lowest BCUT2D eigenvalue weighted by molar-refractivity contribution is -0.166. The van der Waals surface area contributed by atoms with E-state index >= 15 is 0 Å². The highest BCUT2D eigenvalue weighted by Crippen LogP contribution is 2.17. The molecule has 1 atom stereocenters. The van der Waals surface area contributed by atoms with E-state index < -0.39 is 12.1 Å². The fourth-order valence-electron chi connectivity index (χ4n) is 9.14. The predicted molar refractivity (Wildman–Crippen MR) is 343 cm³/mol. The number of allylic oxidation sites excluding steroid dienone is 19. The van der Waals surface area contributed by atoms with Gasteiger partial charge in [-0.1, -0.05) is 316 Å². The van der Waals surface area contributed by atoms with Gasteiger partial charge in [0.25, 0.3) is 0 Å². The summed E-state index contributed by atoms with van der Waals surface area (Å²) in [5, 5.41) is 0. The van der Waals surface area contributed by atoms with Crippen LogP contribution >= 0.6 is 0 Å². The Balaban J connectivity index is 4.21. The molecule has 0 saturated carbocycles. The van der Waals surface area contributed by atoms with Gasteiger partial charge >= 0.3 is 17.9 Å². The lowest BCUT2D eigenvalue weighted by Crippen LogP contribution is -2.30. The predicted octanol–water partition coefficient (Wildman–Crippen LogP) is 22.8. The first-order valence-corrected chi connectivity index (χ1v) is 33.0. The number of carbonyl (C=O) groups excluding carboxylic acids is 3. The molecule has 0 bridgehead atoms. The zero-order chi connectivity index (χ0) is 57.1. The van der Waals surface area contributed by atoms with E-state index in [-0.39, 0.29) is 31.6 Å². The molecule has 0 aromatic heterocycles. The molecule has 79 heavy (non-hydrogen) atoms. The van der Waals surface area contributed by atoms with E-state index in [0.717, 1.165) is 103 Å². The maximum atomic E-state index is 12.8. The number of esters is 3. The van der Waals surface area contributed by atoms with E-state index in [4.69, 9.17) is 14.2 Å². The third-order valence-corrected chi connectivity index (χ3v) is 14.0. The van der Waals surface area contributed by atoms with Gasteiger partial charge in [-0.2, -0.15) is 0 Å². The Morgan fingerprint density at radius 3 is 0.835 bits per heavy atom. The maximum absolute atomic E-state index is 12.8. The molecule has 0 rings (SSSR count). The average molecular weight is 1100 g/mol. The monoisotopic (exact) mass is 1090 g/mol. The highest BCUT2D eigenvalue weighted by Gasteiger charge is 2.19. The first-order chi connectivity index (χ1) is 39.0. The fourth-order valence-corrected chi connectivity index (χ4v) is 9.14. The molecule has 0 aromatic rings. The van der Waals surface area contributed by atoms with Crippen LogP contribution in [0.4, 0.5) is 0 Å². The second-order valence-electron chi connectivity index (χ2n) is 21.6. The lowest BCUT2D eigenvalue weighted by Gasteiger charge is -2.18. The molecule has 0 aliphatic heterocycles. The van der Waals surface area contributed by atoms with Crippen molar-refractivity contribution in [3.63, 3.8) is 0 Å². The lowest BCUT2D eigenvalue weighted by atomic mass is 10.0. The van der Waals surface area contributed by atoms with Crippen LogP contribution in [0.15, 0.2) is 122 Å². The average Bonchev–Trinajstić information content (AvgIpc) is 3.45. The van der Waals surface area contributed by atoms with Crippen LogP contribution in [-0.4, -0.2) is 37.2 Å². The Hall–Kier alpha value is -4.19. The second kappa shape index (κ2) is 66.3. The standard InChI is InChI=1S/C73H122O6/c1-4-7-10-13-16-19-22-25-27-28-29-30-31-32-33-34-35-36-37-38-39-40-41-42-43-44-46-48-51-54-57-60-63-66-72(75)78-69-70(68-77-71(74)65-62-59-56-53-50-47-24-21-18-15-12-9-6-3)79-73(76)67-64-61-58-55-52-49-45-26-23-20-17-14-11-8-5-2/h7-8,10-11,16-17,19-20,25-27,29-30,32-33,45,52,55,61,64,70H,4-6,9,12-15,18,21-24,28,31,34-44,46-51,53-54,56-60,62-63,65-69H2,1-3H3/b10-7-,11-8-,19-16-,20-17-,27-25-,30-29-,33-32-,45-26-,55-52-,64-61-. The molecule has 1 unspecified atom stereocenters. The van der Waals surface area contributed by atoms with Gasteiger partial charge in [0.2, 0.25) is 0 Å². The molecule has 0 fully saturated rings. The topological polar surface area (TPSA) is 78.9 Å². The molecule has 0 spiro atoms. The number of ether oxygens (including phenoxy) is 3. The van der Waals surface area contributed by atoms with Crippen LogP contribution in [0.5, 0.6) is 0 Å². The summed E-state index contributed by atoms with van der Waals surface area (Å²) in [5.41, 5.74) is 0.